The molecule has 5 atom stereocenters. The highest BCUT2D eigenvalue weighted by Crippen LogP contribution is 2.45. The number of phosphoric acid groups is 2. The molecule has 0 rings (SSSR count). The molecule has 630 valence electrons. The minimum Gasteiger partial charge on any atom is -0.462 e. The van der Waals surface area contributed by atoms with Crippen LogP contribution in [0.15, 0.2) is 0 Å². The van der Waals surface area contributed by atoms with Crippen LogP contribution in [-0.2, 0) is 65.4 Å². The van der Waals surface area contributed by atoms with E-state index in [1.807, 2.05) is 0 Å². The van der Waals surface area contributed by atoms with E-state index in [-0.39, 0.29) is 25.7 Å². The van der Waals surface area contributed by atoms with Gasteiger partial charge in [-0.1, -0.05) is 408 Å². The summed E-state index contributed by atoms with van der Waals surface area (Å²) in [6.07, 6.45) is 68.1. The predicted molar refractivity (Wildman–Crippen MR) is 437 cm³/mol. The van der Waals surface area contributed by atoms with Crippen molar-refractivity contribution in [2.24, 2.45) is 17.8 Å². The number of hydrogen-bond acceptors (Lipinski definition) is 15. The van der Waals surface area contributed by atoms with Gasteiger partial charge in [0.15, 0.2) is 12.2 Å². The van der Waals surface area contributed by atoms with Crippen molar-refractivity contribution in [2.45, 2.75) is 478 Å². The maximum atomic E-state index is 13.2. The Morgan fingerprint density at radius 1 is 0.255 bits per heavy atom. The summed E-state index contributed by atoms with van der Waals surface area (Å²) in [5.74, 6) is 0.212. The molecule has 0 bridgehead atoms. The molecular weight excluding hydrogens is 1380 g/mol. The van der Waals surface area contributed by atoms with E-state index in [0.717, 1.165) is 108 Å². The van der Waals surface area contributed by atoms with Crippen molar-refractivity contribution in [3.8, 4) is 0 Å². The SMILES string of the molecule is CCCCCCCCCCCCCCCCCCCCCCCCC(=O)O[C@H](COC(=O)CCCCCCCCCCCCCCCCCC(C)C)COP(=O)(O)OC[C@@H](O)COP(=O)(O)OC[C@@H](COC(=O)CCCCCCCCCCCCC(C)C)OC(=O)CCCCCCCCCCCCC(C)C. The second kappa shape index (κ2) is 77.0. The van der Waals surface area contributed by atoms with Crippen LogP contribution in [0.4, 0.5) is 0 Å². The number of carbonyl (C=O) groups is 4. The molecule has 3 N–H and O–H groups in total. The van der Waals surface area contributed by atoms with Crippen LogP contribution < -0.4 is 0 Å². The molecule has 0 aromatic carbocycles. The Morgan fingerprint density at radius 3 is 0.642 bits per heavy atom. The number of ether oxygens (including phenoxy) is 4. The van der Waals surface area contributed by atoms with Gasteiger partial charge in [-0.3, -0.25) is 37.3 Å². The lowest BCUT2D eigenvalue weighted by Crippen LogP contribution is -2.30. The zero-order valence-corrected chi connectivity index (χ0v) is 71.7. The lowest BCUT2D eigenvalue weighted by molar-refractivity contribution is -0.161. The van der Waals surface area contributed by atoms with E-state index < -0.39 is 97.5 Å². The van der Waals surface area contributed by atoms with Crippen LogP contribution in [0.25, 0.3) is 0 Å². The zero-order chi connectivity index (χ0) is 77.9. The molecule has 0 spiro atoms. The van der Waals surface area contributed by atoms with E-state index in [0.29, 0.717) is 25.7 Å². The van der Waals surface area contributed by atoms with Gasteiger partial charge in [0.25, 0.3) is 0 Å². The van der Waals surface area contributed by atoms with E-state index >= 15 is 0 Å². The van der Waals surface area contributed by atoms with Crippen LogP contribution in [-0.4, -0.2) is 96.7 Å². The molecule has 19 heteroatoms. The van der Waals surface area contributed by atoms with Crippen molar-refractivity contribution in [1.82, 2.24) is 0 Å². The first-order valence-electron chi connectivity index (χ1n) is 44.8. The average Bonchev–Trinajstić information content (AvgIpc) is 0.900. The molecule has 0 aliphatic rings. The topological polar surface area (TPSA) is 237 Å². The summed E-state index contributed by atoms with van der Waals surface area (Å²) in [5, 5.41) is 10.7. The lowest BCUT2D eigenvalue weighted by Gasteiger charge is -2.21. The number of esters is 4. The largest absolute Gasteiger partial charge is 0.472 e. The summed E-state index contributed by atoms with van der Waals surface area (Å²) in [6, 6.07) is 0. The zero-order valence-electron chi connectivity index (χ0n) is 69.9. The fourth-order valence-electron chi connectivity index (χ4n) is 13.5. The quantitative estimate of drug-likeness (QED) is 0.0222. The Bertz CT molecular complexity index is 2040. The summed E-state index contributed by atoms with van der Waals surface area (Å²) in [7, 11) is -9.93. The van der Waals surface area contributed by atoms with E-state index in [1.165, 1.54) is 270 Å². The third-order valence-electron chi connectivity index (χ3n) is 20.4. The molecule has 106 heavy (non-hydrogen) atoms. The summed E-state index contributed by atoms with van der Waals surface area (Å²) in [6.45, 7) is 12.0. The van der Waals surface area contributed by atoms with Crippen molar-refractivity contribution >= 4 is 39.5 Å². The standard InChI is InChI=1S/C87H170O17P2/c1-8-9-10-11-12-13-14-15-16-17-18-19-20-21-22-25-29-32-42-49-56-63-70-86(91)103-82(74-97-84(89)68-61-54-47-40-31-28-26-23-24-27-30-37-44-51-58-65-78(2)3)76-101-105(93,94)99-72-81(88)73-100-106(95,96)102-77-83(104-87(92)71-64-57-50-43-36-34-39-46-53-60-67-80(6)7)75-98-85(90)69-62-55-48-41-35-33-38-45-52-59-66-79(4)5/h78-83,88H,8-77H2,1-7H3,(H,93,94)(H,95,96)/t81-,82-,83-/m1/s1. The monoisotopic (exact) mass is 1550 g/mol. The van der Waals surface area contributed by atoms with Gasteiger partial charge in [-0.05, 0) is 43.4 Å². The minimum absolute atomic E-state index is 0.106. The molecular formula is C87H170O17P2. The first kappa shape index (κ1) is 104. The Balaban J connectivity index is 5.24. The highest BCUT2D eigenvalue weighted by Gasteiger charge is 2.30. The summed E-state index contributed by atoms with van der Waals surface area (Å²) in [4.78, 5) is 73.3. The molecule has 0 aromatic heterocycles. The molecule has 0 aliphatic heterocycles. The third kappa shape index (κ3) is 80.1. The number of aliphatic hydroxyl groups excluding tert-OH is 1. The fraction of sp³-hybridized carbons (Fsp3) is 0.954. The van der Waals surface area contributed by atoms with Crippen molar-refractivity contribution < 1.29 is 80.2 Å². The molecule has 0 aromatic rings. The van der Waals surface area contributed by atoms with Crippen LogP contribution in [0.5, 0.6) is 0 Å². The number of aliphatic hydroxyl groups is 1. The van der Waals surface area contributed by atoms with Gasteiger partial charge >= 0.3 is 39.5 Å². The van der Waals surface area contributed by atoms with Gasteiger partial charge in [-0.25, -0.2) is 9.13 Å². The highest BCUT2D eigenvalue weighted by atomic mass is 31.2. The van der Waals surface area contributed by atoms with Gasteiger partial charge in [0.1, 0.15) is 19.3 Å². The fourth-order valence-corrected chi connectivity index (χ4v) is 15.1. The summed E-state index contributed by atoms with van der Waals surface area (Å²) < 4.78 is 68.9. The van der Waals surface area contributed by atoms with Gasteiger partial charge in [0, 0.05) is 25.7 Å². The average molecular weight is 1550 g/mol. The van der Waals surface area contributed by atoms with Crippen LogP contribution in [0.1, 0.15) is 459 Å². The van der Waals surface area contributed by atoms with E-state index in [1.54, 1.807) is 0 Å². The molecule has 0 fully saturated rings. The molecule has 0 amide bonds. The highest BCUT2D eigenvalue weighted by molar-refractivity contribution is 7.47. The van der Waals surface area contributed by atoms with Crippen molar-refractivity contribution in [3.05, 3.63) is 0 Å². The third-order valence-corrected chi connectivity index (χ3v) is 22.3. The Morgan fingerprint density at radius 2 is 0.434 bits per heavy atom. The van der Waals surface area contributed by atoms with Gasteiger partial charge in [0.2, 0.25) is 0 Å². The lowest BCUT2D eigenvalue weighted by atomic mass is 10.0. The van der Waals surface area contributed by atoms with E-state index in [4.69, 9.17) is 37.0 Å². The van der Waals surface area contributed by atoms with Gasteiger partial charge < -0.3 is 33.8 Å². The van der Waals surface area contributed by atoms with Gasteiger partial charge in [0.05, 0.1) is 26.4 Å². The molecule has 0 saturated heterocycles. The number of hydrogen-bond donors (Lipinski definition) is 3. The van der Waals surface area contributed by atoms with Crippen LogP contribution in [0.2, 0.25) is 0 Å². The molecule has 2 unspecified atom stereocenters. The van der Waals surface area contributed by atoms with Gasteiger partial charge in [-0.15, -0.1) is 0 Å². The van der Waals surface area contributed by atoms with Crippen LogP contribution in [0.3, 0.4) is 0 Å². The summed E-state index contributed by atoms with van der Waals surface area (Å²) >= 11 is 0. The smallest absolute Gasteiger partial charge is 0.462 e. The second-order valence-electron chi connectivity index (χ2n) is 32.7. The molecule has 0 saturated carbocycles. The number of carbonyl (C=O) groups excluding carboxylic acids is 4. The summed E-state index contributed by atoms with van der Waals surface area (Å²) in [5.41, 5.74) is 0. The van der Waals surface area contributed by atoms with Crippen LogP contribution in [0, 0.1) is 17.8 Å². The Labute approximate surface area is 651 Å². The Hall–Kier alpha value is -1.94. The molecule has 0 heterocycles. The first-order valence-corrected chi connectivity index (χ1v) is 47.8. The molecule has 0 aliphatic carbocycles. The van der Waals surface area contributed by atoms with Crippen molar-refractivity contribution in [1.29, 1.82) is 0 Å². The van der Waals surface area contributed by atoms with Crippen molar-refractivity contribution in [2.75, 3.05) is 39.6 Å². The minimum atomic E-state index is -4.97. The normalized spacial score (nSPS) is 13.9. The number of rotatable bonds is 85. The van der Waals surface area contributed by atoms with E-state index in [2.05, 4.69) is 48.5 Å². The Kier molecular flexibility index (Phi) is 75.6. The maximum Gasteiger partial charge on any atom is 0.472 e. The predicted octanol–water partition coefficient (Wildman–Crippen LogP) is 26.5. The van der Waals surface area contributed by atoms with E-state index in [9.17, 15) is 43.2 Å². The van der Waals surface area contributed by atoms with Gasteiger partial charge in [-0.2, -0.15) is 0 Å². The molecule has 0 radical (unpaired) electrons. The maximum absolute atomic E-state index is 13.2. The number of phosphoric ester groups is 2. The van der Waals surface area contributed by atoms with Crippen molar-refractivity contribution in [3.63, 3.8) is 0 Å². The number of unbranched alkanes of at least 4 members (excludes halogenated alkanes) is 53. The second-order valence-corrected chi connectivity index (χ2v) is 35.6. The molecule has 17 nitrogen and oxygen atoms in total. The first-order chi connectivity index (χ1) is 51.2. The van der Waals surface area contributed by atoms with Crippen LogP contribution >= 0.6 is 15.6 Å².